The predicted molar refractivity (Wildman–Crippen MR) is 137 cm³/mol. The first-order chi connectivity index (χ1) is 17.1. The van der Waals surface area contributed by atoms with E-state index in [1.54, 1.807) is 40.2 Å². The first kappa shape index (κ1) is 25.4. The molecule has 2 N–H and O–H groups in total. The zero-order chi connectivity index (χ0) is 26.4. The largest absolute Gasteiger partial charge is 0.496 e. The van der Waals surface area contributed by atoms with Gasteiger partial charge in [0.2, 0.25) is 17.2 Å². The summed E-state index contributed by atoms with van der Waals surface area (Å²) < 4.78 is 16.7. The van der Waals surface area contributed by atoms with Crippen LogP contribution in [0.3, 0.4) is 0 Å². The number of amides is 1. The number of ketones is 2. The Kier molecular flexibility index (Phi) is 6.62. The number of hydrogen-bond donors (Lipinski definition) is 2. The van der Waals surface area contributed by atoms with E-state index in [4.69, 9.17) is 25.8 Å². The molecule has 2 atom stereocenters. The maximum Gasteiger partial charge on any atom is 0.255 e. The Morgan fingerprint density at radius 3 is 2.44 bits per heavy atom. The topological polar surface area (TPSA) is 106 Å². The lowest BCUT2D eigenvalue weighted by atomic mass is 9.74. The highest BCUT2D eigenvalue weighted by Gasteiger charge is 2.60. The monoisotopic (exact) mass is 513 g/mol. The smallest absolute Gasteiger partial charge is 0.255 e. The van der Waals surface area contributed by atoms with Gasteiger partial charge in [-0.1, -0.05) is 18.5 Å². The predicted octanol–water partition coefficient (Wildman–Crippen LogP) is 4.02. The molecule has 0 bridgehead atoms. The van der Waals surface area contributed by atoms with Gasteiger partial charge in [-0.3, -0.25) is 14.4 Å². The molecule has 1 amide bonds. The number of hydrogen-bond acceptors (Lipinski definition) is 8. The number of halogens is 1. The van der Waals surface area contributed by atoms with Crippen molar-refractivity contribution < 1.29 is 28.6 Å². The number of nitrogens with zero attached hydrogens (tertiary/aromatic N) is 1. The normalized spacial score (nSPS) is 20.4. The molecule has 0 unspecified atom stereocenters. The van der Waals surface area contributed by atoms with Crippen molar-refractivity contribution in [3.63, 3.8) is 0 Å². The fourth-order valence-electron chi connectivity index (χ4n) is 4.66. The molecule has 1 heterocycles. The third-order valence-corrected chi connectivity index (χ3v) is 6.90. The fourth-order valence-corrected chi connectivity index (χ4v) is 4.92. The zero-order valence-corrected chi connectivity index (χ0v) is 21.7. The van der Waals surface area contributed by atoms with E-state index in [0.29, 0.717) is 29.1 Å². The highest BCUT2D eigenvalue weighted by atomic mass is 35.5. The summed E-state index contributed by atoms with van der Waals surface area (Å²) in [7, 11) is 7.96. The number of allylic oxidation sites excluding steroid dienone is 1. The Bertz CT molecular complexity index is 1310. The van der Waals surface area contributed by atoms with E-state index >= 15 is 0 Å². The van der Waals surface area contributed by atoms with Crippen LogP contribution in [0.5, 0.6) is 17.2 Å². The standard InChI is InChI=1S/C26H28ClN3O6/c1-13-9-15(29-14-7-8-17(28-2)16(10-14)25(33)30(3)4)11-20(31)26(13)24(32)21-18(34-5)12-19(35-6)22(27)23(21)36-26/h7-8,10-13,28-29H,9H2,1-6H3/t13-,26+/m1/s1. The molecule has 36 heavy (non-hydrogen) atoms. The minimum atomic E-state index is -1.75. The minimum absolute atomic E-state index is 0.0809. The van der Waals surface area contributed by atoms with Crippen molar-refractivity contribution in [2.75, 3.05) is 46.0 Å². The fraction of sp³-hybridized carbons (Fsp3) is 0.346. The van der Waals surface area contributed by atoms with Gasteiger partial charge in [-0.05, 0) is 24.6 Å². The Hall–Kier alpha value is -3.72. The molecule has 0 aromatic heterocycles. The summed E-state index contributed by atoms with van der Waals surface area (Å²) in [6, 6.07) is 6.82. The first-order valence-corrected chi connectivity index (χ1v) is 11.7. The lowest BCUT2D eigenvalue weighted by Gasteiger charge is -2.35. The maximum absolute atomic E-state index is 13.6. The van der Waals surface area contributed by atoms with E-state index in [0.717, 1.165) is 0 Å². The Balaban J connectivity index is 1.68. The van der Waals surface area contributed by atoms with Gasteiger partial charge in [0, 0.05) is 56.3 Å². The molecule has 4 rings (SSSR count). The highest BCUT2D eigenvalue weighted by molar-refractivity contribution is 6.36. The molecule has 2 aliphatic rings. The van der Waals surface area contributed by atoms with Gasteiger partial charge in [0.15, 0.2) is 5.75 Å². The molecule has 1 aliphatic heterocycles. The third kappa shape index (κ3) is 3.83. The number of benzene rings is 2. The number of anilines is 2. The van der Waals surface area contributed by atoms with Gasteiger partial charge in [-0.25, -0.2) is 0 Å². The molecular formula is C26H28ClN3O6. The summed E-state index contributed by atoms with van der Waals surface area (Å²) >= 11 is 6.44. The van der Waals surface area contributed by atoms with Gasteiger partial charge in [0.1, 0.15) is 22.1 Å². The van der Waals surface area contributed by atoms with Crippen molar-refractivity contribution in [1.82, 2.24) is 4.90 Å². The Labute approximate surface area is 214 Å². The van der Waals surface area contributed by atoms with Gasteiger partial charge in [-0.15, -0.1) is 0 Å². The maximum atomic E-state index is 13.6. The Morgan fingerprint density at radius 1 is 1.17 bits per heavy atom. The lowest BCUT2D eigenvalue weighted by molar-refractivity contribution is -0.129. The van der Waals surface area contributed by atoms with Gasteiger partial charge >= 0.3 is 0 Å². The molecule has 0 fully saturated rings. The molecule has 2 aromatic carbocycles. The molecule has 2 aromatic rings. The second-order valence-corrected chi connectivity index (χ2v) is 9.32. The summed E-state index contributed by atoms with van der Waals surface area (Å²) in [5, 5.41) is 6.35. The number of methoxy groups -OCH3 is 2. The number of carbonyl (C=O) groups excluding carboxylic acids is 3. The molecule has 1 spiro atoms. The van der Waals surface area contributed by atoms with E-state index in [1.807, 2.05) is 6.07 Å². The van der Waals surface area contributed by atoms with Gasteiger partial charge in [-0.2, -0.15) is 0 Å². The van der Waals surface area contributed by atoms with Crippen molar-refractivity contribution in [1.29, 1.82) is 0 Å². The van der Waals surface area contributed by atoms with Crippen LogP contribution >= 0.6 is 11.6 Å². The van der Waals surface area contributed by atoms with E-state index < -0.39 is 23.1 Å². The zero-order valence-electron chi connectivity index (χ0n) is 20.9. The molecule has 10 heteroatoms. The summed E-state index contributed by atoms with van der Waals surface area (Å²) in [5.74, 6) is -1.10. The summed E-state index contributed by atoms with van der Waals surface area (Å²) in [6.07, 6.45) is 1.72. The first-order valence-electron chi connectivity index (χ1n) is 11.3. The quantitative estimate of drug-likeness (QED) is 0.558. The van der Waals surface area contributed by atoms with Crippen LogP contribution in [0.2, 0.25) is 5.02 Å². The van der Waals surface area contributed by atoms with E-state index in [2.05, 4.69) is 10.6 Å². The van der Waals surface area contributed by atoms with Gasteiger partial charge < -0.3 is 29.7 Å². The van der Waals surface area contributed by atoms with Crippen LogP contribution in [0, 0.1) is 5.92 Å². The number of fused-ring (bicyclic) bond motifs is 1. The number of nitrogens with one attached hydrogen (secondary N) is 2. The summed E-state index contributed by atoms with van der Waals surface area (Å²) in [5.41, 5.74) is 0.783. The Morgan fingerprint density at radius 2 is 1.86 bits per heavy atom. The average molecular weight is 514 g/mol. The van der Waals surface area contributed by atoms with Crippen molar-refractivity contribution in [3.8, 4) is 17.2 Å². The van der Waals surface area contributed by atoms with Gasteiger partial charge in [0.05, 0.1) is 19.8 Å². The minimum Gasteiger partial charge on any atom is -0.496 e. The second-order valence-electron chi connectivity index (χ2n) is 8.94. The van der Waals surface area contributed by atoms with Gasteiger partial charge in [0.25, 0.3) is 5.91 Å². The van der Waals surface area contributed by atoms with Crippen LogP contribution in [-0.4, -0.2) is 63.3 Å². The van der Waals surface area contributed by atoms with Crippen molar-refractivity contribution in [3.05, 3.63) is 52.2 Å². The van der Waals surface area contributed by atoms with Crippen LogP contribution < -0.4 is 24.8 Å². The highest BCUT2D eigenvalue weighted by Crippen LogP contribution is 2.53. The molecule has 9 nitrogen and oxygen atoms in total. The molecule has 190 valence electrons. The van der Waals surface area contributed by atoms with E-state index in [-0.39, 0.29) is 33.7 Å². The molecule has 1 aliphatic carbocycles. The van der Waals surface area contributed by atoms with Crippen molar-refractivity contribution in [2.45, 2.75) is 18.9 Å². The number of ether oxygens (including phenoxy) is 3. The van der Waals surface area contributed by atoms with Crippen molar-refractivity contribution >= 4 is 40.4 Å². The van der Waals surface area contributed by atoms with Crippen LogP contribution in [0.15, 0.2) is 36.0 Å². The van der Waals surface area contributed by atoms with Crippen LogP contribution in [0.25, 0.3) is 0 Å². The number of carbonyl (C=O) groups is 3. The van der Waals surface area contributed by atoms with E-state index in [9.17, 15) is 14.4 Å². The van der Waals surface area contributed by atoms with Crippen LogP contribution in [0.1, 0.15) is 34.1 Å². The molecule has 0 saturated carbocycles. The third-order valence-electron chi connectivity index (χ3n) is 6.54. The lowest BCUT2D eigenvalue weighted by Crippen LogP contribution is -2.55. The summed E-state index contributed by atoms with van der Waals surface area (Å²) in [6.45, 7) is 1.78. The average Bonchev–Trinajstić information content (AvgIpc) is 3.17. The molecular weight excluding hydrogens is 486 g/mol. The summed E-state index contributed by atoms with van der Waals surface area (Å²) in [4.78, 5) is 41.2. The van der Waals surface area contributed by atoms with Crippen LogP contribution in [0.4, 0.5) is 11.4 Å². The molecule has 0 saturated heterocycles. The second kappa shape index (κ2) is 9.39. The SMILES string of the molecule is CNc1ccc(NC2=CC(=O)[C@@]3(Oc4c(Cl)c(OC)cc(OC)c4C3=O)[C@H](C)C2)cc1C(=O)N(C)C. The van der Waals surface area contributed by atoms with Crippen molar-refractivity contribution in [2.24, 2.45) is 5.92 Å². The van der Waals surface area contributed by atoms with E-state index in [1.165, 1.54) is 31.3 Å². The molecule has 0 radical (unpaired) electrons. The number of Topliss-reactive ketones (excluding diaryl/α,β-unsaturated/α-hetero) is 1. The van der Waals surface area contributed by atoms with Crippen LogP contribution in [-0.2, 0) is 4.79 Å². The number of rotatable bonds is 6.